The minimum atomic E-state index is -1.01. The van der Waals surface area contributed by atoms with Crippen molar-refractivity contribution in [3.05, 3.63) is 65.2 Å². The Kier molecular flexibility index (Phi) is 4.96. The van der Waals surface area contributed by atoms with E-state index >= 15 is 0 Å². The van der Waals surface area contributed by atoms with Crippen LogP contribution in [0.5, 0.6) is 5.75 Å². The van der Waals surface area contributed by atoms with E-state index in [0.717, 1.165) is 44.4 Å². The molecule has 2 atom stereocenters. The molecule has 2 heterocycles. The van der Waals surface area contributed by atoms with Gasteiger partial charge in [-0.1, -0.05) is 30.3 Å². The number of carbonyl (C=O) groups excluding carboxylic acids is 1. The largest absolute Gasteiger partial charge is 0.496 e. The third kappa shape index (κ3) is 3.48. The average molecular weight is 371 g/mol. The number of hydrogen-bond donors (Lipinski definition) is 0. The molecule has 0 N–H and O–H groups in total. The zero-order chi connectivity index (χ0) is 19.0. The molecular weight excluding hydrogens is 348 g/mol. The summed E-state index contributed by atoms with van der Waals surface area (Å²) in [6.45, 7) is 0.894. The van der Waals surface area contributed by atoms with Gasteiger partial charge in [0.05, 0.1) is 12.7 Å². The number of rotatable bonds is 5. The molecule has 27 heavy (non-hydrogen) atoms. The first-order valence-corrected chi connectivity index (χ1v) is 9.43. The SMILES string of the molecule is COc1cc(F)c(F)cc1C(=O)C1CC2CCC(C1)N2Cc1ccccc1. The van der Waals surface area contributed by atoms with Crippen molar-refractivity contribution in [1.29, 1.82) is 0 Å². The van der Waals surface area contributed by atoms with Crippen LogP contribution in [-0.4, -0.2) is 29.9 Å². The van der Waals surface area contributed by atoms with Gasteiger partial charge in [-0.25, -0.2) is 8.78 Å². The summed E-state index contributed by atoms with van der Waals surface area (Å²) in [6, 6.07) is 13.0. The predicted octanol–water partition coefficient (Wildman–Crippen LogP) is 4.60. The van der Waals surface area contributed by atoms with Crippen LogP contribution in [0.3, 0.4) is 0 Å². The van der Waals surface area contributed by atoms with E-state index in [1.54, 1.807) is 0 Å². The van der Waals surface area contributed by atoms with Gasteiger partial charge in [-0.2, -0.15) is 0 Å². The number of nitrogens with zero attached hydrogens (tertiary/aromatic N) is 1. The summed E-state index contributed by atoms with van der Waals surface area (Å²) in [5.74, 6) is -2.21. The molecule has 5 heteroatoms. The number of hydrogen-bond acceptors (Lipinski definition) is 3. The first kappa shape index (κ1) is 18.1. The van der Waals surface area contributed by atoms with Crippen LogP contribution in [0, 0.1) is 17.6 Å². The average Bonchev–Trinajstić information content (AvgIpc) is 2.91. The van der Waals surface area contributed by atoms with Crippen molar-refractivity contribution in [2.75, 3.05) is 7.11 Å². The van der Waals surface area contributed by atoms with Gasteiger partial charge in [-0.05, 0) is 37.3 Å². The van der Waals surface area contributed by atoms with Crippen molar-refractivity contribution in [3.8, 4) is 5.75 Å². The fraction of sp³-hybridized carbons (Fsp3) is 0.409. The molecule has 2 fully saturated rings. The van der Waals surface area contributed by atoms with Crippen LogP contribution in [0.4, 0.5) is 8.78 Å². The maximum Gasteiger partial charge on any atom is 0.169 e. The Morgan fingerprint density at radius 3 is 2.33 bits per heavy atom. The van der Waals surface area contributed by atoms with E-state index in [9.17, 15) is 13.6 Å². The van der Waals surface area contributed by atoms with Crippen molar-refractivity contribution in [2.24, 2.45) is 5.92 Å². The predicted molar refractivity (Wildman–Crippen MR) is 98.8 cm³/mol. The smallest absolute Gasteiger partial charge is 0.169 e. The van der Waals surface area contributed by atoms with Gasteiger partial charge in [-0.3, -0.25) is 9.69 Å². The highest BCUT2D eigenvalue weighted by molar-refractivity contribution is 6.00. The number of ketones is 1. The third-order valence-electron chi connectivity index (χ3n) is 5.97. The lowest BCUT2D eigenvalue weighted by Gasteiger charge is -2.38. The van der Waals surface area contributed by atoms with Gasteiger partial charge in [0.2, 0.25) is 0 Å². The summed E-state index contributed by atoms with van der Waals surface area (Å²) in [6.07, 6.45) is 3.67. The van der Waals surface area contributed by atoms with E-state index in [1.165, 1.54) is 12.7 Å². The summed E-state index contributed by atoms with van der Waals surface area (Å²) >= 11 is 0. The molecule has 0 aliphatic carbocycles. The number of fused-ring (bicyclic) bond motifs is 2. The zero-order valence-electron chi connectivity index (χ0n) is 15.3. The van der Waals surface area contributed by atoms with E-state index in [1.807, 2.05) is 18.2 Å². The number of Topliss-reactive ketones (excluding diaryl/α,β-unsaturated/α-hetero) is 1. The first-order valence-electron chi connectivity index (χ1n) is 9.43. The molecule has 3 nitrogen and oxygen atoms in total. The number of halogens is 2. The highest BCUT2D eigenvalue weighted by Gasteiger charge is 2.43. The molecule has 4 rings (SSSR count). The molecule has 142 valence electrons. The van der Waals surface area contributed by atoms with E-state index in [0.29, 0.717) is 12.1 Å². The Balaban J connectivity index is 1.52. The van der Waals surface area contributed by atoms with Crippen LogP contribution in [0.15, 0.2) is 42.5 Å². The second-order valence-electron chi connectivity index (χ2n) is 7.54. The van der Waals surface area contributed by atoms with Gasteiger partial charge in [0.25, 0.3) is 0 Å². The quantitative estimate of drug-likeness (QED) is 0.720. The molecule has 2 aliphatic heterocycles. The van der Waals surface area contributed by atoms with Crippen molar-refractivity contribution in [1.82, 2.24) is 4.90 Å². The summed E-state index contributed by atoms with van der Waals surface area (Å²) in [5.41, 5.74) is 1.43. The summed E-state index contributed by atoms with van der Waals surface area (Å²) in [7, 11) is 1.37. The topological polar surface area (TPSA) is 29.5 Å². The molecule has 0 saturated carbocycles. The summed E-state index contributed by atoms with van der Waals surface area (Å²) < 4.78 is 32.3. The molecule has 0 spiro atoms. The fourth-order valence-electron chi connectivity index (χ4n) is 4.65. The maximum absolute atomic E-state index is 13.7. The van der Waals surface area contributed by atoms with E-state index in [2.05, 4.69) is 17.0 Å². The highest BCUT2D eigenvalue weighted by Crippen LogP contribution is 2.41. The molecule has 2 unspecified atom stereocenters. The lowest BCUT2D eigenvalue weighted by Crippen LogP contribution is -2.44. The Hall–Kier alpha value is -2.27. The minimum absolute atomic E-state index is 0.109. The Labute approximate surface area is 157 Å². The second kappa shape index (κ2) is 7.39. The van der Waals surface area contributed by atoms with Gasteiger partial charge in [-0.15, -0.1) is 0 Å². The van der Waals surface area contributed by atoms with Crippen LogP contribution in [0.1, 0.15) is 41.6 Å². The van der Waals surface area contributed by atoms with Gasteiger partial charge in [0.15, 0.2) is 17.4 Å². The zero-order valence-corrected chi connectivity index (χ0v) is 15.3. The number of benzene rings is 2. The summed E-state index contributed by atoms with van der Waals surface area (Å²) in [4.78, 5) is 15.5. The maximum atomic E-state index is 13.7. The number of piperidine rings is 1. The Morgan fingerprint density at radius 1 is 1.07 bits per heavy atom. The van der Waals surface area contributed by atoms with E-state index in [-0.39, 0.29) is 23.0 Å². The van der Waals surface area contributed by atoms with Crippen LogP contribution >= 0.6 is 0 Å². The molecule has 2 aromatic rings. The van der Waals surface area contributed by atoms with Crippen LogP contribution < -0.4 is 4.74 Å². The molecule has 2 saturated heterocycles. The molecule has 2 aliphatic rings. The number of carbonyl (C=O) groups is 1. The fourth-order valence-corrected chi connectivity index (χ4v) is 4.65. The molecule has 2 aromatic carbocycles. The molecule has 0 amide bonds. The van der Waals surface area contributed by atoms with Crippen molar-refractivity contribution in [3.63, 3.8) is 0 Å². The first-order chi connectivity index (χ1) is 13.1. The highest BCUT2D eigenvalue weighted by atomic mass is 19.2. The van der Waals surface area contributed by atoms with Gasteiger partial charge >= 0.3 is 0 Å². The lowest BCUT2D eigenvalue weighted by atomic mass is 9.84. The molecule has 0 radical (unpaired) electrons. The van der Waals surface area contributed by atoms with Crippen LogP contribution in [0.25, 0.3) is 0 Å². The minimum Gasteiger partial charge on any atom is -0.496 e. The van der Waals surface area contributed by atoms with E-state index < -0.39 is 11.6 Å². The van der Waals surface area contributed by atoms with Crippen molar-refractivity contribution < 1.29 is 18.3 Å². The van der Waals surface area contributed by atoms with Crippen LogP contribution in [0.2, 0.25) is 0 Å². The normalized spacial score (nSPS) is 24.8. The van der Waals surface area contributed by atoms with Gasteiger partial charge in [0, 0.05) is 30.6 Å². The number of methoxy groups -OCH3 is 1. The molecular formula is C22H23F2NO2. The van der Waals surface area contributed by atoms with Crippen molar-refractivity contribution in [2.45, 2.75) is 44.3 Å². The monoisotopic (exact) mass is 371 g/mol. The van der Waals surface area contributed by atoms with E-state index in [4.69, 9.17) is 4.74 Å². The Morgan fingerprint density at radius 2 is 1.70 bits per heavy atom. The summed E-state index contributed by atoms with van der Waals surface area (Å²) in [5, 5.41) is 0. The molecule has 0 aromatic heterocycles. The molecule has 2 bridgehead atoms. The second-order valence-corrected chi connectivity index (χ2v) is 7.54. The van der Waals surface area contributed by atoms with Gasteiger partial charge < -0.3 is 4.74 Å². The van der Waals surface area contributed by atoms with Crippen molar-refractivity contribution >= 4 is 5.78 Å². The van der Waals surface area contributed by atoms with Crippen LogP contribution in [-0.2, 0) is 6.54 Å². The lowest BCUT2D eigenvalue weighted by molar-refractivity contribution is 0.0675. The number of ether oxygens (including phenoxy) is 1. The third-order valence-corrected chi connectivity index (χ3v) is 5.97. The van der Waals surface area contributed by atoms with Gasteiger partial charge in [0.1, 0.15) is 5.75 Å². The standard InChI is InChI=1S/C22H23F2NO2/c1-27-21-12-20(24)19(23)11-18(21)22(26)15-9-16-7-8-17(10-15)25(16)13-14-5-3-2-4-6-14/h2-6,11-12,15-17H,7-10,13H2,1H3. The Bertz CT molecular complexity index is 826.